The van der Waals surface area contributed by atoms with Crippen LogP contribution in [0.25, 0.3) is 0 Å². The molecule has 0 radical (unpaired) electrons. The lowest BCUT2D eigenvalue weighted by molar-refractivity contribution is -0.115. The number of nitrogens with zero attached hydrogens (tertiary/aromatic N) is 2. The molecule has 1 aromatic carbocycles. The smallest absolute Gasteiger partial charge is 0.325 e. The molecule has 1 saturated carbocycles. The molecule has 1 atom stereocenters. The van der Waals surface area contributed by atoms with Crippen LogP contribution in [0.3, 0.4) is 0 Å². The van der Waals surface area contributed by atoms with Gasteiger partial charge in [-0.05, 0) is 43.9 Å². The summed E-state index contributed by atoms with van der Waals surface area (Å²) >= 11 is 1.30. The van der Waals surface area contributed by atoms with E-state index in [9.17, 15) is 9.59 Å². The van der Waals surface area contributed by atoms with Gasteiger partial charge < -0.3 is 5.32 Å². The molecule has 0 bridgehead atoms. The molecule has 0 spiro atoms. The minimum absolute atomic E-state index is 0.1000. The minimum atomic E-state index is -0.339. The highest BCUT2D eigenvalue weighted by molar-refractivity contribution is 8.00. The van der Waals surface area contributed by atoms with E-state index in [0.717, 1.165) is 24.9 Å². The molecule has 1 aromatic heterocycles. The summed E-state index contributed by atoms with van der Waals surface area (Å²) in [6.07, 6.45) is 2.97. The van der Waals surface area contributed by atoms with Crippen molar-refractivity contribution in [2.24, 2.45) is 0 Å². The fourth-order valence-corrected chi connectivity index (χ4v) is 3.23. The number of thioether (sulfide) groups is 1. The fraction of sp³-hybridized carbons (Fsp3) is 0.438. The number of amides is 1. The summed E-state index contributed by atoms with van der Waals surface area (Å²) in [5.74, 6) is -0.1000. The highest BCUT2D eigenvalue weighted by Crippen LogP contribution is 2.36. The van der Waals surface area contributed by atoms with Crippen LogP contribution in [0.5, 0.6) is 0 Å². The van der Waals surface area contributed by atoms with Gasteiger partial charge in [-0.3, -0.25) is 9.36 Å². The summed E-state index contributed by atoms with van der Waals surface area (Å²) in [7, 11) is 0. The Hall–Kier alpha value is -2.02. The Labute approximate surface area is 138 Å². The average Bonchev–Trinajstić information content (AvgIpc) is 3.32. The number of carbonyl (C=O) groups excluding carboxylic acids is 1. The van der Waals surface area contributed by atoms with Crippen LogP contribution >= 0.6 is 11.8 Å². The van der Waals surface area contributed by atoms with Gasteiger partial charge in [0.2, 0.25) is 5.91 Å². The number of aryl methyl sites for hydroxylation is 1. The first-order valence-corrected chi connectivity index (χ1v) is 8.69. The third-order valence-electron chi connectivity index (χ3n) is 3.87. The minimum Gasteiger partial charge on any atom is -0.325 e. The van der Waals surface area contributed by atoms with E-state index in [-0.39, 0.29) is 22.9 Å². The van der Waals surface area contributed by atoms with E-state index < -0.39 is 0 Å². The quantitative estimate of drug-likeness (QED) is 0.797. The SMILES string of the molecule is CCc1ccc(NC(=O)C(C)Sc2n[nH]c(=O)n2C2CC2)cc1. The van der Waals surface area contributed by atoms with Gasteiger partial charge in [0.25, 0.3) is 0 Å². The van der Waals surface area contributed by atoms with Crippen molar-refractivity contribution >= 4 is 23.4 Å². The third-order valence-corrected chi connectivity index (χ3v) is 4.93. The molecule has 1 unspecified atom stereocenters. The third kappa shape index (κ3) is 3.67. The lowest BCUT2D eigenvalue weighted by atomic mass is 10.1. The van der Waals surface area contributed by atoms with Crippen molar-refractivity contribution in [2.75, 3.05) is 5.32 Å². The van der Waals surface area contributed by atoms with Crippen LogP contribution in [0.4, 0.5) is 5.69 Å². The van der Waals surface area contributed by atoms with Gasteiger partial charge in [0.1, 0.15) is 0 Å². The van der Waals surface area contributed by atoms with Gasteiger partial charge in [0.15, 0.2) is 5.16 Å². The van der Waals surface area contributed by atoms with E-state index in [2.05, 4.69) is 22.4 Å². The molecule has 0 aliphatic heterocycles. The molecule has 6 nitrogen and oxygen atoms in total. The van der Waals surface area contributed by atoms with Crippen molar-refractivity contribution in [3.63, 3.8) is 0 Å². The van der Waals surface area contributed by atoms with Crippen molar-refractivity contribution < 1.29 is 4.79 Å². The van der Waals surface area contributed by atoms with E-state index in [1.807, 2.05) is 31.2 Å². The van der Waals surface area contributed by atoms with Crippen LogP contribution in [0, 0.1) is 0 Å². The second-order valence-corrected chi connectivity index (χ2v) is 7.02. The standard InChI is InChI=1S/C16H20N4O2S/c1-3-11-4-6-12(7-5-11)17-14(21)10(2)23-16-19-18-15(22)20(16)13-8-9-13/h4-7,10,13H,3,8-9H2,1-2H3,(H,17,21)(H,18,22). The first-order chi connectivity index (χ1) is 11.1. The van der Waals surface area contributed by atoms with Crippen molar-refractivity contribution in [1.82, 2.24) is 14.8 Å². The first kappa shape index (κ1) is 15.9. The lowest BCUT2D eigenvalue weighted by Gasteiger charge is -2.12. The Morgan fingerprint density at radius 2 is 2.13 bits per heavy atom. The molecule has 1 heterocycles. The first-order valence-electron chi connectivity index (χ1n) is 7.82. The summed E-state index contributed by atoms with van der Waals surface area (Å²) in [5.41, 5.74) is 1.81. The highest BCUT2D eigenvalue weighted by Gasteiger charge is 2.30. The van der Waals surface area contributed by atoms with Crippen LogP contribution < -0.4 is 11.0 Å². The summed E-state index contributed by atoms with van der Waals surface area (Å²) in [6.45, 7) is 3.91. The fourth-order valence-electron chi connectivity index (χ4n) is 2.31. The van der Waals surface area contributed by atoms with Gasteiger partial charge in [0, 0.05) is 11.7 Å². The molecule has 2 N–H and O–H groups in total. The maximum absolute atomic E-state index is 12.3. The average molecular weight is 332 g/mol. The number of anilines is 1. The molecule has 0 saturated heterocycles. The molecule has 1 fully saturated rings. The van der Waals surface area contributed by atoms with Crippen molar-refractivity contribution in [1.29, 1.82) is 0 Å². The molecule has 7 heteroatoms. The van der Waals surface area contributed by atoms with Gasteiger partial charge >= 0.3 is 5.69 Å². The molecular weight excluding hydrogens is 312 g/mol. The molecule has 2 aromatic rings. The maximum atomic E-state index is 12.3. The van der Waals surface area contributed by atoms with E-state index in [1.54, 1.807) is 4.57 Å². The number of aromatic amines is 1. The number of H-pyrrole nitrogens is 1. The molecule has 1 amide bonds. The number of hydrogen-bond donors (Lipinski definition) is 2. The Morgan fingerprint density at radius 3 is 2.74 bits per heavy atom. The zero-order valence-corrected chi connectivity index (χ0v) is 14.0. The van der Waals surface area contributed by atoms with Gasteiger partial charge in [-0.1, -0.05) is 30.8 Å². The Bertz CT molecular complexity index is 746. The zero-order chi connectivity index (χ0) is 16.4. The summed E-state index contributed by atoms with van der Waals surface area (Å²) < 4.78 is 1.66. The summed E-state index contributed by atoms with van der Waals surface area (Å²) in [4.78, 5) is 24.1. The van der Waals surface area contributed by atoms with Crippen LogP contribution in [0.15, 0.2) is 34.2 Å². The Balaban J connectivity index is 1.64. The molecule has 122 valence electrons. The van der Waals surface area contributed by atoms with E-state index in [1.165, 1.54) is 17.3 Å². The second kappa shape index (κ2) is 6.62. The monoisotopic (exact) mass is 332 g/mol. The Kier molecular flexibility index (Phi) is 4.56. The van der Waals surface area contributed by atoms with E-state index in [0.29, 0.717) is 5.16 Å². The molecular formula is C16H20N4O2S. The van der Waals surface area contributed by atoms with Gasteiger partial charge in [-0.2, -0.15) is 0 Å². The normalized spacial score (nSPS) is 15.4. The summed E-state index contributed by atoms with van der Waals surface area (Å²) in [5, 5.41) is 9.65. The van der Waals surface area contributed by atoms with Crippen molar-refractivity contribution in [3.8, 4) is 0 Å². The maximum Gasteiger partial charge on any atom is 0.344 e. The largest absolute Gasteiger partial charge is 0.344 e. The second-order valence-electron chi connectivity index (χ2n) is 5.71. The topological polar surface area (TPSA) is 79.8 Å². The molecule has 23 heavy (non-hydrogen) atoms. The molecule has 3 rings (SSSR count). The number of nitrogens with one attached hydrogen (secondary N) is 2. The van der Waals surface area contributed by atoms with Gasteiger partial charge in [0.05, 0.1) is 5.25 Å². The van der Waals surface area contributed by atoms with Crippen LogP contribution in [-0.2, 0) is 11.2 Å². The number of benzene rings is 1. The Morgan fingerprint density at radius 1 is 1.43 bits per heavy atom. The highest BCUT2D eigenvalue weighted by atomic mass is 32.2. The van der Waals surface area contributed by atoms with Gasteiger partial charge in [-0.25, -0.2) is 9.89 Å². The van der Waals surface area contributed by atoms with Gasteiger partial charge in [-0.15, -0.1) is 5.10 Å². The van der Waals surface area contributed by atoms with E-state index >= 15 is 0 Å². The van der Waals surface area contributed by atoms with Crippen LogP contribution in [0.1, 0.15) is 38.3 Å². The van der Waals surface area contributed by atoms with E-state index in [4.69, 9.17) is 0 Å². The predicted octanol–water partition coefficient (Wildman–Crippen LogP) is 2.59. The molecule has 1 aliphatic carbocycles. The number of aromatic nitrogens is 3. The van der Waals surface area contributed by atoms with Crippen molar-refractivity contribution in [3.05, 3.63) is 40.3 Å². The molecule has 1 aliphatic rings. The van der Waals surface area contributed by atoms with Crippen LogP contribution in [0.2, 0.25) is 0 Å². The zero-order valence-electron chi connectivity index (χ0n) is 13.2. The van der Waals surface area contributed by atoms with Crippen molar-refractivity contribution in [2.45, 2.75) is 49.6 Å². The summed E-state index contributed by atoms with van der Waals surface area (Å²) in [6, 6.07) is 8.06. The predicted molar refractivity (Wildman–Crippen MR) is 90.9 cm³/mol. The lowest BCUT2D eigenvalue weighted by Crippen LogP contribution is -2.23. The number of rotatable bonds is 6. The van der Waals surface area contributed by atoms with Crippen LogP contribution in [-0.4, -0.2) is 25.9 Å². The number of carbonyl (C=O) groups is 1. The number of hydrogen-bond acceptors (Lipinski definition) is 4.